The molecular formula is C10H15BrN2OS. The summed E-state index contributed by atoms with van der Waals surface area (Å²) < 4.78 is 0.892. The van der Waals surface area contributed by atoms with Gasteiger partial charge in [-0.05, 0) is 34.7 Å². The van der Waals surface area contributed by atoms with Crippen molar-refractivity contribution in [1.29, 1.82) is 0 Å². The highest BCUT2D eigenvalue weighted by Gasteiger charge is 2.10. The third-order valence-corrected chi connectivity index (χ3v) is 3.44. The zero-order valence-corrected chi connectivity index (χ0v) is 11.2. The lowest BCUT2D eigenvalue weighted by molar-refractivity contribution is 0.0939. The van der Waals surface area contributed by atoms with Crippen molar-refractivity contribution in [3.63, 3.8) is 0 Å². The standard InChI is InChI=1S/C10H15BrN2OS/c1-3-15-6-7(2)13-10(14)9-4-8(11)5-12-9/h4-5,7,12H,3,6H2,1-2H3,(H,13,14). The van der Waals surface area contributed by atoms with E-state index in [2.05, 4.69) is 33.2 Å². The first kappa shape index (κ1) is 12.6. The van der Waals surface area contributed by atoms with Crippen molar-refractivity contribution in [2.75, 3.05) is 11.5 Å². The Balaban J connectivity index is 2.42. The Morgan fingerprint density at radius 2 is 2.47 bits per heavy atom. The van der Waals surface area contributed by atoms with E-state index in [1.54, 1.807) is 12.3 Å². The number of hydrogen-bond acceptors (Lipinski definition) is 2. The highest BCUT2D eigenvalue weighted by molar-refractivity contribution is 9.10. The van der Waals surface area contributed by atoms with E-state index in [0.717, 1.165) is 16.0 Å². The number of carbonyl (C=O) groups excluding carboxylic acids is 1. The van der Waals surface area contributed by atoms with Crippen LogP contribution < -0.4 is 5.32 Å². The van der Waals surface area contributed by atoms with Crippen molar-refractivity contribution in [3.05, 3.63) is 22.4 Å². The summed E-state index contributed by atoms with van der Waals surface area (Å²) in [6.07, 6.45) is 1.75. The number of thioether (sulfide) groups is 1. The molecule has 1 aromatic rings. The van der Waals surface area contributed by atoms with Gasteiger partial charge >= 0.3 is 0 Å². The third kappa shape index (κ3) is 4.30. The van der Waals surface area contributed by atoms with E-state index in [-0.39, 0.29) is 11.9 Å². The molecular weight excluding hydrogens is 276 g/mol. The third-order valence-electron chi connectivity index (χ3n) is 1.84. The molecule has 1 unspecified atom stereocenters. The summed E-state index contributed by atoms with van der Waals surface area (Å²) >= 11 is 5.12. The van der Waals surface area contributed by atoms with Crippen LogP contribution in [0.1, 0.15) is 24.3 Å². The molecule has 0 aromatic carbocycles. The molecule has 2 N–H and O–H groups in total. The Morgan fingerprint density at radius 3 is 3.00 bits per heavy atom. The number of hydrogen-bond donors (Lipinski definition) is 2. The molecule has 1 amide bonds. The van der Waals surface area contributed by atoms with Gasteiger partial charge < -0.3 is 10.3 Å². The van der Waals surface area contributed by atoms with Crippen LogP contribution in [-0.2, 0) is 0 Å². The Kier molecular flexibility index (Phi) is 5.25. The molecule has 0 saturated heterocycles. The van der Waals surface area contributed by atoms with E-state index in [1.165, 1.54) is 0 Å². The number of H-pyrrole nitrogens is 1. The molecule has 0 bridgehead atoms. The molecule has 5 heteroatoms. The summed E-state index contributed by atoms with van der Waals surface area (Å²) in [5, 5.41) is 2.93. The van der Waals surface area contributed by atoms with Gasteiger partial charge in [-0.3, -0.25) is 4.79 Å². The van der Waals surface area contributed by atoms with Gasteiger partial charge in [-0.25, -0.2) is 0 Å². The number of aromatic nitrogens is 1. The van der Waals surface area contributed by atoms with Crippen LogP contribution in [0.4, 0.5) is 0 Å². The smallest absolute Gasteiger partial charge is 0.267 e. The van der Waals surface area contributed by atoms with Crippen LogP contribution in [0.2, 0.25) is 0 Å². The fourth-order valence-electron chi connectivity index (χ4n) is 1.14. The fourth-order valence-corrected chi connectivity index (χ4v) is 2.15. The summed E-state index contributed by atoms with van der Waals surface area (Å²) in [5.41, 5.74) is 0.593. The molecule has 0 aliphatic carbocycles. The largest absolute Gasteiger partial charge is 0.356 e. The highest BCUT2D eigenvalue weighted by atomic mass is 79.9. The molecule has 1 rings (SSSR count). The van der Waals surface area contributed by atoms with Gasteiger partial charge in [0, 0.05) is 22.5 Å². The Morgan fingerprint density at radius 1 is 1.73 bits per heavy atom. The first-order chi connectivity index (χ1) is 7.13. The molecule has 0 aliphatic heterocycles. The molecule has 84 valence electrons. The Bertz CT molecular complexity index is 327. The predicted molar refractivity (Wildman–Crippen MR) is 68.4 cm³/mol. The van der Waals surface area contributed by atoms with Gasteiger partial charge in [-0.15, -0.1) is 0 Å². The molecule has 0 radical (unpaired) electrons. The number of nitrogens with one attached hydrogen (secondary N) is 2. The number of halogens is 1. The van der Waals surface area contributed by atoms with E-state index in [1.807, 2.05) is 18.7 Å². The summed E-state index contributed by atoms with van der Waals surface area (Å²) in [7, 11) is 0. The number of amides is 1. The second kappa shape index (κ2) is 6.23. The van der Waals surface area contributed by atoms with Gasteiger partial charge in [0.2, 0.25) is 0 Å². The van der Waals surface area contributed by atoms with Gasteiger partial charge in [0.1, 0.15) is 5.69 Å². The maximum absolute atomic E-state index is 11.7. The molecule has 3 nitrogen and oxygen atoms in total. The maximum atomic E-state index is 11.7. The normalized spacial score (nSPS) is 12.5. The van der Waals surface area contributed by atoms with Gasteiger partial charge in [0.15, 0.2) is 0 Å². The lowest BCUT2D eigenvalue weighted by Crippen LogP contribution is -2.34. The topological polar surface area (TPSA) is 44.9 Å². The van der Waals surface area contributed by atoms with Crippen molar-refractivity contribution in [1.82, 2.24) is 10.3 Å². The second-order valence-electron chi connectivity index (χ2n) is 3.27. The van der Waals surface area contributed by atoms with Crippen LogP contribution >= 0.6 is 27.7 Å². The first-order valence-corrected chi connectivity index (χ1v) is 6.80. The van der Waals surface area contributed by atoms with Crippen molar-refractivity contribution in [3.8, 4) is 0 Å². The SMILES string of the molecule is CCSCC(C)NC(=O)c1cc(Br)c[nH]1. The Hall–Kier alpha value is -0.420. The van der Waals surface area contributed by atoms with Crippen LogP contribution in [-0.4, -0.2) is 28.4 Å². The average Bonchev–Trinajstić information content (AvgIpc) is 2.61. The Labute approximate surface area is 103 Å². The minimum absolute atomic E-state index is 0.0510. The van der Waals surface area contributed by atoms with E-state index in [0.29, 0.717) is 5.69 Å². The molecule has 0 aliphatic rings. The van der Waals surface area contributed by atoms with Gasteiger partial charge in [-0.2, -0.15) is 11.8 Å². The lowest BCUT2D eigenvalue weighted by atomic mass is 10.3. The van der Waals surface area contributed by atoms with E-state index < -0.39 is 0 Å². The van der Waals surface area contributed by atoms with Gasteiger partial charge in [0.25, 0.3) is 5.91 Å². The summed E-state index contributed by atoms with van der Waals surface area (Å²) in [6.45, 7) is 4.12. The predicted octanol–water partition coefficient (Wildman–Crippen LogP) is 2.65. The molecule has 15 heavy (non-hydrogen) atoms. The van der Waals surface area contributed by atoms with Crippen LogP contribution in [0.15, 0.2) is 16.7 Å². The van der Waals surface area contributed by atoms with Crippen molar-refractivity contribution >= 4 is 33.6 Å². The van der Waals surface area contributed by atoms with Gasteiger partial charge in [-0.1, -0.05) is 6.92 Å². The minimum atomic E-state index is -0.0510. The van der Waals surface area contributed by atoms with E-state index in [9.17, 15) is 4.79 Å². The van der Waals surface area contributed by atoms with Crippen molar-refractivity contribution in [2.45, 2.75) is 19.9 Å². The molecule has 0 spiro atoms. The number of aromatic amines is 1. The molecule has 0 saturated carbocycles. The van der Waals surface area contributed by atoms with Crippen LogP contribution in [0.25, 0.3) is 0 Å². The van der Waals surface area contributed by atoms with Gasteiger partial charge in [0.05, 0.1) is 0 Å². The number of carbonyl (C=O) groups is 1. The molecule has 1 atom stereocenters. The zero-order valence-electron chi connectivity index (χ0n) is 8.84. The molecule has 1 heterocycles. The van der Waals surface area contributed by atoms with E-state index in [4.69, 9.17) is 0 Å². The molecule has 1 aromatic heterocycles. The quantitative estimate of drug-likeness (QED) is 0.876. The number of rotatable bonds is 5. The van der Waals surface area contributed by atoms with Crippen molar-refractivity contribution in [2.24, 2.45) is 0 Å². The summed E-state index contributed by atoms with van der Waals surface area (Å²) in [5.74, 6) is 1.98. The fraction of sp³-hybridized carbons (Fsp3) is 0.500. The summed E-state index contributed by atoms with van der Waals surface area (Å²) in [6, 6.07) is 1.97. The minimum Gasteiger partial charge on any atom is -0.356 e. The first-order valence-electron chi connectivity index (χ1n) is 4.86. The lowest BCUT2D eigenvalue weighted by Gasteiger charge is -2.11. The maximum Gasteiger partial charge on any atom is 0.267 e. The van der Waals surface area contributed by atoms with Crippen LogP contribution in [0.3, 0.4) is 0 Å². The highest BCUT2D eigenvalue weighted by Crippen LogP contribution is 2.10. The van der Waals surface area contributed by atoms with Crippen LogP contribution in [0.5, 0.6) is 0 Å². The second-order valence-corrected chi connectivity index (χ2v) is 5.50. The zero-order chi connectivity index (χ0) is 11.3. The monoisotopic (exact) mass is 290 g/mol. The average molecular weight is 291 g/mol. The summed E-state index contributed by atoms with van der Waals surface area (Å²) in [4.78, 5) is 14.6. The van der Waals surface area contributed by atoms with Crippen LogP contribution in [0, 0.1) is 0 Å². The van der Waals surface area contributed by atoms with Crippen molar-refractivity contribution < 1.29 is 4.79 Å². The molecule has 0 fully saturated rings. The van der Waals surface area contributed by atoms with E-state index >= 15 is 0 Å².